The molecule has 5 nitrogen and oxygen atoms in total. The number of hydrogen-bond acceptors (Lipinski definition) is 3. The van der Waals surface area contributed by atoms with Crippen LogP contribution in [0.1, 0.15) is 26.3 Å². The van der Waals surface area contributed by atoms with Crippen molar-refractivity contribution in [1.82, 2.24) is 10.2 Å². The van der Waals surface area contributed by atoms with Crippen molar-refractivity contribution < 1.29 is 18.7 Å². The standard InChI is InChI=1S/C21H23BrClFN2O3/c1-13(2)25-21(28)14(3)26(11-15-4-7-17(24)8-5-15)20(27)12-29-19-9-6-16(22)10-18(19)23/h4-10,13-14H,11-12H2,1-3H3,(H,25,28). The highest BCUT2D eigenvalue weighted by atomic mass is 79.9. The number of hydrogen-bond donors (Lipinski definition) is 1. The number of halogens is 3. The Balaban J connectivity index is 2.16. The first kappa shape index (κ1) is 23.2. The summed E-state index contributed by atoms with van der Waals surface area (Å²) in [5.41, 5.74) is 0.700. The van der Waals surface area contributed by atoms with E-state index in [1.807, 2.05) is 13.8 Å². The Labute approximate surface area is 183 Å². The number of amides is 2. The maximum absolute atomic E-state index is 13.2. The monoisotopic (exact) mass is 484 g/mol. The molecule has 2 amide bonds. The van der Waals surface area contributed by atoms with E-state index in [0.29, 0.717) is 16.3 Å². The molecule has 2 rings (SSSR count). The van der Waals surface area contributed by atoms with E-state index < -0.39 is 6.04 Å². The van der Waals surface area contributed by atoms with Gasteiger partial charge < -0.3 is 15.0 Å². The Morgan fingerprint density at radius 2 is 1.83 bits per heavy atom. The van der Waals surface area contributed by atoms with E-state index in [0.717, 1.165) is 4.47 Å². The first-order chi connectivity index (χ1) is 13.7. The van der Waals surface area contributed by atoms with E-state index in [1.54, 1.807) is 37.3 Å². The molecule has 0 heterocycles. The highest BCUT2D eigenvalue weighted by Gasteiger charge is 2.27. The van der Waals surface area contributed by atoms with Gasteiger partial charge in [0, 0.05) is 17.1 Å². The van der Waals surface area contributed by atoms with Crippen molar-refractivity contribution in [3.05, 3.63) is 63.3 Å². The Kier molecular flexibility index (Phi) is 8.46. The van der Waals surface area contributed by atoms with E-state index in [-0.39, 0.29) is 36.8 Å². The van der Waals surface area contributed by atoms with Gasteiger partial charge in [-0.3, -0.25) is 9.59 Å². The average molecular weight is 486 g/mol. The molecule has 0 bridgehead atoms. The lowest BCUT2D eigenvalue weighted by atomic mass is 10.1. The van der Waals surface area contributed by atoms with Crippen molar-refractivity contribution in [3.8, 4) is 5.75 Å². The van der Waals surface area contributed by atoms with Crippen LogP contribution in [0.3, 0.4) is 0 Å². The van der Waals surface area contributed by atoms with Crippen LogP contribution in [0.4, 0.5) is 4.39 Å². The van der Waals surface area contributed by atoms with E-state index >= 15 is 0 Å². The van der Waals surface area contributed by atoms with Gasteiger partial charge in [0.2, 0.25) is 5.91 Å². The minimum absolute atomic E-state index is 0.0643. The van der Waals surface area contributed by atoms with Crippen LogP contribution in [0.2, 0.25) is 5.02 Å². The number of benzene rings is 2. The topological polar surface area (TPSA) is 58.6 Å². The van der Waals surface area contributed by atoms with Gasteiger partial charge in [0.1, 0.15) is 17.6 Å². The zero-order valence-corrected chi connectivity index (χ0v) is 18.8. The molecule has 1 unspecified atom stereocenters. The minimum atomic E-state index is -0.737. The Morgan fingerprint density at radius 3 is 2.41 bits per heavy atom. The molecule has 0 saturated heterocycles. The second-order valence-electron chi connectivity index (χ2n) is 6.85. The minimum Gasteiger partial charge on any atom is -0.482 e. The third-order valence-corrected chi connectivity index (χ3v) is 4.90. The fourth-order valence-corrected chi connectivity index (χ4v) is 3.32. The molecule has 29 heavy (non-hydrogen) atoms. The van der Waals surface area contributed by atoms with Crippen LogP contribution in [-0.4, -0.2) is 35.4 Å². The summed E-state index contributed by atoms with van der Waals surface area (Å²) in [7, 11) is 0. The lowest BCUT2D eigenvalue weighted by Gasteiger charge is -2.29. The van der Waals surface area contributed by atoms with Gasteiger partial charge in [0.15, 0.2) is 6.61 Å². The van der Waals surface area contributed by atoms with E-state index in [4.69, 9.17) is 16.3 Å². The SMILES string of the molecule is CC(C)NC(=O)C(C)N(Cc1ccc(F)cc1)C(=O)COc1ccc(Br)cc1Cl. The van der Waals surface area contributed by atoms with Gasteiger partial charge in [-0.1, -0.05) is 39.7 Å². The lowest BCUT2D eigenvalue weighted by Crippen LogP contribution is -2.50. The molecule has 0 aliphatic rings. The van der Waals surface area contributed by atoms with Crippen molar-refractivity contribution in [2.45, 2.75) is 39.4 Å². The summed E-state index contributed by atoms with van der Waals surface area (Å²) in [4.78, 5) is 26.8. The summed E-state index contributed by atoms with van der Waals surface area (Å²) in [6, 6.07) is 10.0. The van der Waals surface area contributed by atoms with Crippen LogP contribution < -0.4 is 10.1 Å². The average Bonchev–Trinajstić information content (AvgIpc) is 2.65. The molecule has 1 atom stereocenters. The van der Waals surface area contributed by atoms with Crippen molar-refractivity contribution >= 4 is 39.3 Å². The molecule has 2 aromatic rings. The third kappa shape index (κ3) is 7.01. The predicted octanol–water partition coefficient (Wildman–Crippen LogP) is 4.56. The maximum atomic E-state index is 13.2. The molecule has 0 aliphatic heterocycles. The number of carbonyl (C=O) groups excluding carboxylic acids is 2. The molecule has 0 aliphatic carbocycles. The van der Waals surface area contributed by atoms with Gasteiger partial charge in [-0.25, -0.2) is 4.39 Å². The molecule has 0 fully saturated rings. The lowest BCUT2D eigenvalue weighted by molar-refractivity contribution is -0.142. The molecule has 0 saturated carbocycles. The van der Waals surface area contributed by atoms with Crippen LogP contribution in [0.15, 0.2) is 46.9 Å². The highest BCUT2D eigenvalue weighted by molar-refractivity contribution is 9.10. The Morgan fingerprint density at radius 1 is 1.17 bits per heavy atom. The van der Waals surface area contributed by atoms with Crippen LogP contribution in [-0.2, 0) is 16.1 Å². The molecule has 2 aromatic carbocycles. The molecular weight excluding hydrogens is 463 g/mol. The van der Waals surface area contributed by atoms with Gasteiger partial charge in [-0.05, 0) is 56.7 Å². The molecule has 0 radical (unpaired) electrons. The van der Waals surface area contributed by atoms with Crippen molar-refractivity contribution in [2.75, 3.05) is 6.61 Å². The second-order valence-corrected chi connectivity index (χ2v) is 8.17. The van der Waals surface area contributed by atoms with Gasteiger partial charge in [0.25, 0.3) is 5.91 Å². The van der Waals surface area contributed by atoms with Crippen molar-refractivity contribution in [3.63, 3.8) is 0 Å². The largest absolute Gasteiger partial charge is 0.482 e. The van der Waals surface area contributed by atoms with E-state index in [9.17, 15) is 14.0 Å². The zero-order valence-electron chi connectivity index (χ0n) is 16.4. The highest BCUT2D eigenvalue weighted by Crippen LogP contribution is 2.27. The summed E-state index contributed by atoms with van der Waals surface area (Å²) < 4.78 is 19.6. The normalized spacial score (nSPS) is 11.8. The summed E-state index contributed by atoms with van der Waals surface area (Å²) in [6.07, 6.45) is 0. The van der Waals surface area contributed by atoms with Gasteiger partial charge >= 0.3 is 0 Å². The van der Waals surface area contributed by atoms with Crippen LogP contribution in [0.25, 0.3) is 0 Å². The molecule has 1 N–H and O–H groups in total. The van der Waals surface area contributed by atoms with Crippen LogP contribution >= 0.6 is 27.5 Å². The summed E-state index contributed by atoms with van der Waals surface area (Å²) in [5.74, 6) is -0.675. The van der Waals surface area contributed by atoms with Crippen LogP contribution in [0, 0.1) is 5.82 Å². The number of rotatable bonds is 8. The fourth-order valence-electron chi connectivity index (χ4n) is 2.59. The predicted molar refractivity (Wildman–Crippen MR) is 114 cm³/mol. The fraction of sp³-hybridized carbons (Fsp3) is 0.333. The van der Waals surface area contributed by atoms with Crippen LogP contribution in [0.5, 0.6) is 5.75 Å². The van der Waals surface area contributed by atoms with E-state index in [2.05, 4.69) is 21.2 Å². The molecule has 8 heteroatoms. The number of nitrogens with zero attached hydrogens (tertiary/aromatic N) is 1. The summed E-state index contributed by atoms with van der Waals surface area (Å²) in [6.45, 7) is 5.18. The number of ether oxygens (including phenoxy) is 1. The Hall–Kier alpha value is -2.12. The second kappa shape index (κ2) is 10.6. The van der Waals surface area contributed by atoms with Gasteiger partial charge in [-0.2, -0.15) is 0 Å². The summed E-state index contributed by atoms with van der Waals surface area (Å²) >= 11 is 9.44. The smallest absolute Gasteiger partial charge is 0.261 e. The Bertz CT molecular complexity index is 862. The zero-order chi connectivity index (χ0) is 21.6. The van der Waals surface area contributed by atoms with Crippen molar-refractivity contribution in [2.24, 2.45) is 0 Å². The van der Waals surface area contributed by atoms with Gasteiger partial charge in [0.05, 0.1) is 5.02 Å². The number of nitrogens with one attached hydrogen (secondary N) is 1. The van der Waals surface area contributed by atoms with E-state index in [1.165, 1.54) is 17.0 Å². The van der Waals surface area contributed by atoms with Crippen molar-refractivity contribution in [1.29, 1.82) is 0 Å². The quantitative estimate of drug-likeness (QED) is 0.596. The maximum Gasteiger partial charge on any atom is 0.261 e. The summed E-state index contributed by atoms with van der Waals surface area (Å²) in [5, 5.41) is 3.17. The number of carbonyl (C=O) groups is 2. The first-order valence-corrected chi connectivity index (χ1v) is 10.3. The molecule has 156 valence electrons. The van der Waals surface area contributed by atoms with Gasteiger partial charge in [-0.15, -0.1) is 0 Å². The third-order valence-electron chi connectivity index (χ3n) is 4.11. The molecule has 0 aromatic heterocycles. The molecular formula is C21H23BrClFN2O3. The first-order valence-electron chi connectivity index (χ1n) is 9.09. The molecule has 0 spiro atoms.